The third-order valence-corrected chi connectivity index (χ3v) is 9.42. The summed E-state index contributed by atoms with van der Waals surface area (Å²) in [5.74, 6) is -0.784. The van der Waals surface area contributed by atoms with Gasteiger partial charge in [-0.2, -0.15) is 8.42 Å². The minimum atomic E-state index is -5.12. The molecule has 0 saturated carbocycles. The third kappa shape index (κ3) is 23.5. The molecule has 14 heteroatoms. The number of carbonyl (C=O) groups excluding carboxylic acids is 1. The van der Waals surface area contributed by atoms with Gasteiger partial charge in [-0.05, 0) is 44.9 Å². The van der Waals surface area contributed by atoms with Crippen molar-refractivity contribution >= 4 is 16.3 Å². The van der Waals surface area contributed by atoms with Gasteiger partial charge in [0.05, 0.1) is 25.4 Å². The molecule has 1 aliphatic heterocycles. The molecule has 0 spiro atoms. The second-order valence-corrected chi connectivity index (χ2v) is 14.7. The molecule has 1 rings (SSSR count). The molecule has 0 aliphatic carbocycles. The predicted octanol–water partition coefficient (Wildman–Crippen LogP) is 5.12. The first-order chi connectivity index (χ1) is 25.4. The largest absolute Gasteiger partial charge is 0.397 e. The Balaban J connectivity index is 2.79. The number of amides is 1. The van der Waals surface area contributed by atoms with Crippen LogP contribution in [0.2, 0.25) is 0 Å². The topological polar surface area (TPSA) is 212 Å². The summed E-state index contributed by atoms with van der Waals surface area (Å²) in [5, 5.41) is 54.7. The fourth-order valence-electron chi connectivity index (χ4n) is 5.75. The zero-order valence-corrected chi connectivity index (χ0v) is 32.7. The maximum Gasteiger partial charge on any atom is 0.397 e. The number of hydrogen-bond donors (Lipinski definition) is 7. The molecule has 8 atom stereocenters. The number of hydrogen-bond acceptors (Lipinski definition) is 11. The Labute approximate surface area is 318 Å². The van der Waals surface area contributed by atoms with Crippen LogP contribution in [0.15, 0.2) is 48.6 Å². The lowest BCUT2D eigenvalue weighted by molar-refractivity contribution is -0.298. The van der Waals surface area contributed by atoms with Crippen molar-refractivity contribution in [3.05, 3.63) is 48.6 Å². The number of aliphatic hydroxyl groups is 5. The summed E-state index contributed by atoms with van der Waals surface area (Å²) in [6.45, 7) is 3.08. The molecule has 0 aromatic heterocycles. The normalized spacial score (nSPS) is 23.1. The summed E-state index contributed by atoms with van der Waals surface area (Å²) in [6, 6.07) is -1.17. The third-order valence-electron chi connectivity index (χ3n) is 8.95. The Hall–Kier alpha value is -1.98. The molecule has 1 saturated heterocycles. The van der Waals surface area contributed by atoms with E-state index in [9.17, 15) is 38.7 Å². The van der Waals surface area contributed by atoms with Gasteiger partial charge in [0.15, 0.2) is 6.29 Å². The zero-order valence-electron chi connectivity index (χ0n) is 31.9. The molecular weight excluding hydrogens is 706 g/mol. The van der Waals surface area contributed by atoms with Gasteiger partial charge >= 0.3 is 10.4 Å². The lowest BCUT2D eigenvalue weighted by atomic mass is 9.99. The van der Waals surface area contributed by atoms with E-state index in [1.165, 1.54) is 70.3 Å². The van der Waals surface area contributed by atoms with Crippen LogP contribution >= 0.6 is 0 Å². The number of unbranched alkanes of at least 4 members (excludes halogenated alkanes) is 13. The van der Waals surface area contributed by atoms with Crippen molar-refractivity contribution in [2.45, 2.75) is 178 Å². The number of nitrogens with one attached hydrogen (secondary N) is 1. The van der Waals surface area contributed by atoms with E-state index in [0.717, 1.165) is 32.1 Å². The molecular formula is C39H69NO12S. The van der Waals surface area contributed by atoms with Crippen molar-refractivity contribution < 1.29 is 57.0 Å². The highest BCUT2D eigenvalue weighted by molar-refractivity contribution is 7.80. The first kappa shape index (κ1) is 49.0. The Morgan fingerprint density at radius 2 is 1.32 bits per heavy atom. The van der Waals surface area contributed by atoms with Gasteiger partial charge in [0, 0.05) is 6.42 Å². The lowest BCUT2D eigenvalue weighted by Gasteiger charge is -2.41. The quantitative estimate of drug-likeness (QED) is 0.0278. The molecule has 1 fully saturated rings. The summed E-state index contributed by atoms with van der Waals surface area (Å²) in [4.78, 5) is 13.0. The van der Waals surface area contributed by atoms with Crippen LogP contribution in [0.25, 0.3) is 0 Å². The van der Waals surface area contributed by atoms with E-state index < -0.39 is 78.5 Å². The molecule has 53 heavy (non-hydrogen) atoms. The summed E-state index contributed by atoms with van der Waals surface area (Å²) in [5.41, 5.74) is 0. The van der Waals surface area contributed by atoms with Crippen molar-refractivity contribution in [3.8, 4) is 0 Å². The van der Waals surface area contributed by atoms with Crippen LogP contribution < -0.4 is 5.32 Å². The average Bonchev–Trinajstić information content (AvgIpc) is 3.12. The Morgan fingerprint density at radius 1 is 0.774 bits per heavy atom. The number of rotatable bonds is 31. The van der Waals surface area contributed by atoms with Crippen molar-refractivity contribution in [1.82, 2.24) is 5.32 Å². The Kier molecular flexibility index (Phi) is 28.0. The SMILES string of the molecule is CCCCCCCC/C=C\C/C=C\CC(O)C(=O)NC(COC1OC(CO)C(O)C(OS(=O)(=O)O)C1O)C(O)/C=C/CC/C=C/CCCCCCCC. The fraction of sp³-hybridized carbons (Fsp3) is 0.769. The molecule has 7 N–H and O–H groups in total. The van der Waals surface area contributed by atoms with E-state index in [-0.39, 0.29) is 6.42 Å². The summed E-state index contributed by atoms with van der Waals surface area (Å²) < 4.78 is 47.2. The molecule has 0 radical (unpaired) electrons. The highest BCUT2D eigenvalue weighted by Gasteiger charge is 2.48. The predicted molar refractivity (Wildman–Crippen MR) is 205 cm³/mol. The second kappa shape index (κ2) is 30.3. The van der Waals surface area contributed by atoms with E-state index >= 15 is 0 Å². The first-order valence-electron chi connectivity index (χ1n) is 19.6. The van der Waals surface area contributed by atoms with Gasteiger partial charge in [0.2, 0.25) is 5.91 Å². The molecule has 1 heterocycles. The van der Waals surface area contributed by atoms with E-state index in [1.54, 1.807) is 12.2 Å². The fourth-order valence-corrected chi connectivity index (χ4v) is 6.26. The molecule has 13 nitrogen and oxygen atoms in total. The summed E-state index contributed by atoms with van der Waals surface area (Å²) >= 11 is 0. The molecule has 1 aliphatic rings. The first-order valence-corrected chi connectivity index (χ1v) is 21.0. The van der Waals surface area contributed by atoms with Crippen LogP contribution in [0.1, 0.15) is 129 Å². The Bertz CT molecular complexity index is 1160. The Morgan fingerprint density at radius 3 is 1.92 bits per heavy atom. The molecule has 0 bridgehead atoms. The zero-order chi connectivity index (χ0) is 39.3. The van der Waals surface area contributed by atoms with Gasteiger partial charge in [-0.3, -0.25) is 9.35 Å². The van der Waals surface area contributed by atoms with Crippen LogP contribution in [0.3, 0.4) is 0 Å². The highest BCUT2D eigenvalue weighted by atomic mass is 32.3. The van der Waals surface area contributed by atoms with Gasteiger partial charge in [-0.15, -0.1) is 0 Å². The molecule has 8 unspecified atom stereocenters. The van der Waals surface area contributed by atoms with Crippen LogP contribution in [-0.2, 0) is 28.9 Å². The molecule has 0 aromatic carbocycles. The van der Waals surface area contributed by atoms with Gasteiger partial charge in [0.1, 0.15) is 30.5 Å². The lowest BCUT2D eigenvalue weighted by Crippen LogP contribution is -2.61. The van der Waals surface area contributed by atoms with Gasteiger partial charge < -0.3 is 40.3 Å². The van der Waals surface area contributed by atoms with E-state index in [2.05, 4.69) is 41.6 Å². The van der Waals surface area contributed by atoms with E-state index in [1.807, 2.05) is 12.2 Å². The monoisotopic (exact) mass is 775 g/mol. The minimum Gasteiger partial charge on any atom is -0.394 e. The van der Waals surface area contributed by atoms with Crippen LogP contribution in [0.4, 0.5) is 0 Å². The van der Waals surface area contributed by atoms with Crippen molar-refractivity contribution in [2.24, 2.45) is 0 Å². The van der Waals surface area contributed by atoms with Gasteiger partial charge in [-0.25, -0.2) is 4.18 Å². The minimum absolute atomic E-state index is 0.0247. The van der Waals surface area contributed by atoms with Gasteiger partial charge in [-0.1, -0.05) is 127 Å². The maximum atomic E-state index is 13.0. The van der Waals surface area contributed by atoms with Crippen molar-refractivity contribution in [2.75, 3.05) is 13.2 Å². The summed E-state index contributed by atoms with van der Waals surface area (Å²) in [7, 11) is -5.12. The smallest absolute Gasteiger partial charge is 0.394 e. The maximum absolute atomic E-state index is 13.0. The molecule has 1 amide bonds. The number of aliphatic hydroxyl groups excluding tert-OH is 5. The van der Waals surface area contributed by atoms with Crippen LogP contribution in [0, 0.1) is 0 Å². The average molecular weight is 776 g/mol. The molecule has 308 valence electrons. The molecule has 0 aromatic rings. The van der Waals surface area contributed by atoms with Gasteiger partial charge in [0.25, 0.3) is 0 Å². The van der Waals surface area contributed by atoms with Crippen molar-refractivity contribution in [3.63, 3.8) is 0 Å². The number of carbonyl (C=O) groups is 1. The van der Waals surface area contributed by atoms with Crippen LogP contribution in [0.5, 0.6) is 0 Å². The standard InChI is InChI=1S/C39H69NO12S/c1-3-5-7-9-11-13-15-17-19-21-23-25-27-32(42)31(30-50-39-36(45)37(52-53(47,48)49)35(44)34(29-41)51-39)40-38(46)33(43)28-26-24-22-20-18-16-14-12-10-8-6-4-2/h17-20,24-27,31-37,39,41-45H,3-16,21-23,28-30H2,1-2H3,(H,40,46)(H,47,48,49)/b19-17+,20-18-,26-24-,27-25+. The van der Waals surface area contributed by atoms with Crippen LogP contribution in [-0.4, -0.2) is 107 Å². The summed E-state index contributed by atoms with van der Waals surface area (Å²) in [6.07, 6.45) is 22.4. The highest BCUT2D eigenvalue weighted by Crippen LogP contribution is 2.26. The van der Waals surface area contributed by atoms with E-state index in [0.29, 0.717) is 12.8 Å². The van der Waals surface area contributed by atoms with Crippen molar-refractivity contribution in [1.29, 1.82) is 0 Å². The number of ether oxygens (including phenoxy) is 2. The number of allylic oxidation sites excluding steroid dienone is 6. The van der Waals surface area contributed by atoms with E-state index in [4.69, 9.17) is 14.0 Å². The second-order valence-electron chi connectivity index (χ2n) is 13.7.